The van der Waals surface area contributed by atoms with Gasteiger partial charge in [-0.1, -0.05) is 49.4 Å². The Bertz CT molecular complexity index is 614. The van der Waals surface area contributed by atoms with Crippen molar-refractivity contribution in [3.8, 4) is 5.75 Å². The average Bonchev–Trinajstić information content (AvgIpc) is 2.58. The van der Waals surface area contributed by atoms with E-state index in [1.165, 1.54) is 5.56 Å². The van der Waals surface area contributed by atoms with E-state index in [1.807, 2.05) is 49.4 Å². The minimum Gasteiger partial charge on any atom is -0.492 e. The van der Waals surface area contributed by atoms with Gasteiger partial charge in [-0.05, 0) is 31.0 Å². The number of hydrogen-bond acceptors (Lipinski definition) is 3. The van der Waals surface area contributed by atoms with Gasteiger partial charge in [-0.25, -0.2) is 0 Å². The monoisotopic (exact) mass is 312 g/mol. The molecular weight excluding hydrogens is 288 g/mol. The number of ether oxygens (including phenoxy) is 1. The number of amides is 1. The molecule has 0 aliphatic carbocycles. The highest BCUT2D eigenvalue weighted by atomic mass is 16.5. The SMILES string of the molecule is CCOc1ccccc1NC(=O)CNC(CC)c1ccccc1. The van der Waals surface area contributed by atoms with E-state index < -0.39 is 0 Å². The zero-order valence-electron chi connectivity index (χ0n) is 13.7. The molecule has 2 rings (SSSR count). The van der Waals surface area contributed by atoms with E-state index in [2.05, 4.69) is 29.7 Å². The summed E-state index contributed by atoms with van der Waals surface area (Å²) in [4.78, 5) is 12.2. The van der Waals surface area contributed by atoms with Gasteiger partial charge in [-0.15, -0.1) is 0 Å². The number of hydrogen-bond donors (Lipinski definition) is 2. The number of benzene rings is 2. The molecule has 4 nitrogen and oxygen atoms in total. The third-order valence-corrected chi connectivity index (χ3v) is 3.58. The largest absolute Gasteiger partial charge is 0.492 e. The molecule has 0 spiro atoms. The van der Waals surface area contributed by atoms with E-state index in [0.717, 1.165) is 6.42 Å². The summed E-state index contributed by atoms with van der Waals surface area (Å²) in [6.07, 6.45) is 0.923. The van der Waals surface area contributed by atoms with Crippen molar-refractivity contribution in [3.63, 3.8) is 0 Å². The van der Waals surface area contributed by atoms with Crippen LogP contribution >= 0.6 is 0 Å². The lowest BCUT2D eigenvalue weighted by molar-refractivity contribution is -0.115. The molecule has 2 aromatic carbocycles. The van der Waals surface area contributed by atoms with Crippen LogP contribution < -0.4 is 15.4 Å². The topological polar surface area (TPSA) is 50.4 Å². The minimum absolute atomic E-state index is 0.0773. The fraction of sp³-hybridized carbons (Fsp3) is 0.316. The molecule has 0 aromatic heterocycles. The van der Waals surface area contributed by atoms with Gasteiger partial charge < -0.3 is 15.4 Å². The van der Waals surface area contributed by atoms with Crippen molar-refractivity contribution in [2.24, 2.45) is 0 Å². The lowest BCUT2D eigenvalue weighted by atomic mass is 10.0. The maximum Gasteiger partial charge on any atom is 0.238 e. The summed E-state index contributed by atoms with van der Waals surface area (Å²) in [5.41, 5.74) is 1.89. The quantitative estimate of drug-likeness (QED) is 0.780. The van der Waals surface area contributed by atoms with Crippen LogP contribution in [0, 0.1) is 0 Å². The fourth-order valence-electron chi connectivity index (χ4n) is 2.44. The molecule has 0 radical (unpaired) electrons. The van der Waals surface area contributed by atoms with Crippen LogP contribution in [0.3, 0.4) is 0 Å². The highest BCUT2D eigenvalue weighted by molar-refractivity contribution is 5.93. The predicted molar refractivity (Wildman–Crippen MR) is 93.7 cm³/mol. The van der Waals surface area contributed by atoms with Crippen LogP contribution in [0.15, 0.2) is 54.6 Å². The molecule has 0 saturated carbocycles. The number of rotatable bonds is 8. The predicted octanol–water partition coefficient (Wildman–Crippen LogP) is 3.76. The Morgan fingerprint density at radius 1 is 1.04 bits per heavy atom. The van der Waals surface area contributed by atoms with E-state index in [1.54, 1.807) is 0 Å². The molecule has 0 bridgehead atoms. The number of anilines is 1. The second kappa shape index (κ2) is 8.96. The molecule has 23 heavy (non-hydrogen) atoms. The van der Waals surface area contributed by atoms with Gasteiger partial charge in [0, 0.05) is 6.04 Å². The first-order valence-electron chi connectivity index (χ1n) is 8.04. The zero-order chi connectivity index (χ0) is 16.5. The van der Waals surface area contributed by atoms with Crippen molar-refractivity contribution in [2.75, 3.05) is 18.5 Å². The standard InChI is InChI=1S/C19H24N2O2/c1-3-16(15-10-6-5-7-11-15)20-14-19(22)21-17-12-8-9-13-18(17)23-4-2/h5-13,16,20H,3-4,14H2,1-2H3,(H,21,22). The van der Waals surface area contributed by atoms with Gasteiger partial charge in [0.05, 0.1) is 18.8 Å². The molecule has 0 fully saturated rings. The first-order chi connectivity index (χ1) is 11.2. The first kappa shape index (κ1) is 17.0. The number of nitrogens with one attached hydrogen (secondary N) is 2. The van der Waals surface area contributed by atoms with Crippen LogP contribution in [0.4, 0.5) is 5.69 Å². The van der Waals surface area contributed by atoms with Gasteiger partial charge in [0.15, 0.2) is 0 Å². The van der Waals surface area contributed by atoms with Crippen molar-refractivity contribution in [2.45, 2.75) is 26.3 Å². The number of para-hydroxylation sites is 2. The molecule has 0 aliphatic rings. The summed E-state index contributed by atoms with van der Waals surface area (Å²) < 4.78 is 5.52. The number of carbonyl (C=O) groups excluding carboxylic acids is 1. The molecule has 1 amide bonds. The zero-order valence-corrected chi connectivity index (χ0v) is 13.7. The Morgan fingerprint density at radius 3 is 2.43 bits per heavy atom. The van der Waals surface area contributed by atoms with Crippen LogP contribution in [0.2, 0.25) is 0 Å². The van der Waals surface area contributed by atoms with Gasteiger partial charge in [-0.2, -0.15) is 0 Å². The Kier molecular flexibility index (Phi) is 6.63. The second-order valence-electron chi connectivity index (χ2n) is 5.23. The van der Waals surface area contributed by atoms with Crippen molar-refractivity contribution >= 4 is 11.6 Å². The molecule has 2 N–H and O–H groups in total. The van der Waals surface area contributed by atoms with Crippen molar-refractivity contribution in [3.05, 3.63) is 60.2 Å². The molecule has 4 heteroatoms. The molecule has 0 saturated heterocycles. The van der Waals surface area contributed by atoms with Crippen molar-refractivity contribution in [1.82, 2.24) is 5.32 Å². The van der Waals surface area contributed by atoms with E-state index in [-0.39, 0.29) is 18.5 Å². The normalized spacial score (nSPS) is 11.7. The van der Waals surface area contributed by atoms with E-state index in [9.17, 15) is 4.79 Å². The van der Waals surface area contributed by atoms with Crippen LogP contribution in [-0.2, 0) is 4.79 Å². The van der Waals surface area contributed by atoms with Gasteiger partial charge in [0.2, 0.25) is 5.91 Å². The smallest absolute Gasteiger partial charge is 0.238 e. The Labute approximate surface area is 137 Å². The Morgan fingerprint density at radius 2 is 1.74 bits per heavy atom. The van der Waals surface area contributed by atoms with Gasteiger partial charge in [-0.3, -0.25) is 4.79 Å². The lowest BCUT2D eigenvalue weighted by Gasteiger charge is -2.17. The lowest BCUT2D eigenvalue weighted by Crippen LogP contribution is -2.31. The second-order valence-corrected chi connectivity index (χ2v) is 5.23. The van der Waals surface area contributed by atoms with Gasteiger partial charge in [0.1, 0.15) is 5.75 Å². The highest BCUT2D eigenvalue weighted by Crippen LogP contribution is 2.23. The van der Waals surface area contributed by atoms with E-state index in [4.69, 9.17) is 4.74 Å². The summed E-state index contributed by atoms with van der Waals surface area (Å²) in [6, 6.07) is 17.8. The van der Waals surface area contributed by atoms with Crippen LogP contribution in [0.25, 0.3) is 0 Å². The van der Waals surface area contributed by atoms with Crippen LogP contribution in [0.5, 0.6) is 5.75 Å². The summed E-state index contributed by atoms with van der Waals surface area (Å²) >= 11 is 0. The summed E-state index contributed by atoms with van der Waals surface area (Å²) in [7, 11) is 0. The van der Waals surface area contributed by atoms with E-state index >= 15 is 0 Å². The molecular formula is C19H24N2O2. The van der Waals surface area contributed by atoms with Crippen molar-refractivity contribution < 1.29 is 9.53 Å². The van der Waals surface area contributed by atoms with Crippen LogP contribution in [-0.4, -0.2) is 19.1 Å². The summed E-state index contributed by atoms with van der Waals surface area (Å²) in [5.74, 6) is 0.616. The first-order valence-corrected chi connectivity index (χ1v) is 8.04. The third kappa shape index (κ3) is 5.11. The minimum atomic E-state index is -0.0773. The maximum atomic E-state index is 12.2. The molecule has 122 valence electrons. The molecule has 0 heterocycles. The number of carbonyl (C=O) groups is 1. The Balaban J connectivity index is 1.92. The molecule has 1 unspecified atom stereocenters. The highest BCUT2D eigenvalue weighted by Gasteiger charge is 2.11. The van der Waals surface area contributed by atoms with Crippen molar-refractivity contribution in [1.29, 1.82) is 0 Å². The average molecular weight is 312 g/mol. The van der Waals surface area contributed by atoms with Gasteiger partial charge >= 0.3 is 0 Å². The maximum absolute atomic E-state index is 12.2. The van der Waals surface area contributed by atoms with Crippen LogP contribution in [0.1, 0.15) is 31.9 Å². The van der Waals surface area contributed by atoms with E-state index in [0.29, 0.717) is 18.0 Å². The third-order valence-electron chi connectivity index (χ3n) is 3.58. The van der Waals surface area contributed by atoms with Gasteiger partial charge in [0.25, 0.3) is 0 Å². The molecule has 2 aromatic rings. The molecule has 1 atom stereocenters. The summed E-state index contributed by atoms with van der Waals surface area (Å²) in [6.45, 7) is 4.85. The fourth-order valence-corrected chi connectivity index (χ4v) is 2.44. The molecule has 0 aliphatic heterocycles. The Hall–Kier alpha value is -2.33. The summed E-state index contributed by atoms with van der Waals surface area (Å²) in [5, 5.41) is 6.20.